The van der Waals surface area contributed by atoms with Gasteiger partial charge in [-0.05, 0) is 24.6 Å². The number of amides is 1. The van der Waals surface area contributed by atoms with E-state index < -0.39 is 23.7 Å². The van der Waals surface area contributed by atoms with Crippen molar-refractivity contribution in [3.63, 3.8) is 0 Å². The van der Waals surface area contributed by atoms with Gasteiger partial charge in [-0.2, -0.15) is 5.26 Å². The molecule has 0 aromatic heterocycles. The highest BCUT2D eigenvalue weighted by molar-refractivity contribution is 8.03. The molecule has 1 aliphatic heterocycles. The third-order valence-electron chi connectivity index (χ3n) is 4.23. The molecule has 0 bridgehead atoms. The highest BCUT2D eigenvalue weighted by atomic mass is 32.2. The molecule has 3 N–H and O–H groups in total. The average molecular weight is 415 g/mol. The minimum atomic E-state index is -0.864. The number of nitrogens with two attached hydrogens (primary N) is 1. The summed E-state index contributed by atoms with van der Waals surface area (Å²) < 4.78 is 10.4. The maximum absolute atomic E-state index is 12.8. The molecule has 1 unspecified atom stereocenters. The topological polar surface area (TPSA) is 135 Å². The molecule has 1 aromatic rings. The quantitative estimate of drug-likeness (QED) is 0.491. The zero-order chi connectivity index (χ0) is 21.6. The molecule has 0 fully saturated rings. The van der Waals surface area contributed by atoms with Crippen LogP contribution in [0.25, 0.3) is 0 Å². The Morgan fingerprint density at radius 2 is 2.21 bits per heavy atom. The van der Waals surface area contributed by atoms with Crippen molar-refractivity contribution in [1.82, 2.24) is 0 Å². The lowest BCUT2D eigenvalue weighted by Gasteiger charge is -2.30. The number of esters is 1. The number of phenolic OH excluding ortho intramolecular Hbond substituents is 1. The van der Waals surface area contributed by atoms with E-state index in [1.165, 1.54) is 19.3 Å². The number of hydrogen-bond acceptors (Lipinski definition) is 8. The maximum atomic E-state index is 12.8. The van der Waals surface area contributed by atoms with Gasteiger partial charge in [0.2, 0.25) is 5.91 Å². The number of carbonyl (C=O) groups excluding carboxylic acids is 2. The van der Waals surface area contributed by atoms with Gasteiger partial charge in [0.1, 0.15) is 17.6 Å². The Labute approximate surface area is 172 Å². The Morgan fingerprint density at radius 3 is 2.79 bits per heavy atom. The Balaban J connectivity index is 2.62. The van der Waals surface area contributed by atoms with Gasteiger partial charge in [-0.1, -0.05) is 30.5 Å². The van der Waals surface area contributed by atoms with E-state index in [-0.39, 0.29) is 29.4 Å². The number of rotatable bonds is 8. The summed E-state index contributed by atoms with van der Waals surface area (Å²) in [6, 6.07) is 6.69. The molecule has 2 rings (SSSR count). The number of nitriles is 1. The molecule has 9 heteroatoms. The van der Waals surface area contributed by atoms with Crippen LogP contribution in [0, 0.1) is 17.2 Å². The zero-order valence-electron chi connectivity index (χ0n) is 16.0. The van der Waals surface area contributed by atoms with Gasteiger partial charge in [-0.3, -0.25) is 9.59 Å². The number of aliphatic imine (C=N–C) groups is 1. The number of aromatic hydroxyl groups is 1. The first-order valence-electron chi connectivity index (χ1n) is 8.59. The molecule has 1 aromatic carbocycles. The van der Waals surface area contributed by atoms with E-state index in [0.29, 0.717) is 16.3 Å². The molecular formula is C20H21N3O5S. The van der Waals surface area contributed by atoms with Gasteiger partial charge in [-0.25, -0.2) is 4.99 Å². The van der Waals surface area contributed by atoms with Crippen molar-refractivity contribution in [2.24, 2.45) is 16.6 Å². The van der Waals surface area contributed by atoms with Gasteiger partial charge < -0.3 is 20.3 Å². The SMILES string of the molecule is C=CCOC(=O)C1C(C)=NC(SCC(N)=O)=C(C#N)[C@H]1c1ccc(O)c(OC)c1. The summed E-state index contributed by atoms with van der Waals surface area (Å²) in [5, 5.41) is 20.1. The van der Waals surface area contributed by atoms with Crippen LogP contribution in [-0.4, -0.2) is 42.2 Å². The Bertz CT molecular complexity index is 933. The van der Waals surface area contributed by atoms with Crippen LogP contribution in [0.3, 0.4) is 0 Å². The molecule has 0 spiro atoms. The van der Waals surface area contributed by atoms with Crippen molar-refractivity contribution < 1.29 is 24.2 Å². The Kier molecular flexibility index (Phi) is 7.45. The van der Waals surface area contributed by atoms with Crippen molar-refractivity contribution in [3.8, 4) is 17.6 Å². The second kappa shape index (κ2) is 9.80. The molecule has 0 aliphatic carbocycles. The number of carbonyl (C=O) groups is 2. The van der Waals surface area contributed by atoms with Crippen molar-refractivity contribution >= 4 is 29.4 Å². The largest absolute Gasteiger partial charge is 0.504 e. The zero-order valence-corrected chi connectivity index (χ0v) is 16.9. The summed E-state index contributed by atoms with van der Waals surface area (Å²) in [5.74, 6) is -2.65. The summed E-state index contributed by atoms with van der Waals surface area (Å²) in [7, 11) is 1.40. The smallest absolute Gasteiger partial charge is 0.315 e. The molecule has 152 valence electrons. The summed E-state index contributed by atoms with van der Waals surface area (Å²) in [6.45, 7) is 5.20. The van der Waals surface area contributed by atoms with Crippen LogP contribution in [0.1, 0.15) is 18.4 Å². The van der Waals surface area contributed by atoms with E-state index >= 15 is 0 Å². The molecule has 1 amide bonds. The molecule has 1 aliphatic rings. The fourth-order valence-corrected chi connectivity index (χ4v) is 3.80. The highest BCUT2D eigenvalue weighted by Gasteiger charge is 2.40. The van der Waals surface area contributed by atoms with Gasteiger partial charge in [0.15, 0.2) is 11.5 Å². The number of thioether (sulfide) groups is 1. The summed E-state index contributed by atoms with van der Waals surface area (Å²) in [6.07, 6.45) is 1.45. The number of benzene rings is 1. The first kappa shape index (κ1) is 22.0. The second-order valence-electron chi connectivity index (χ2n) is 6.14. The number of methoxy groups -OCH3 is 1. The van der Waals surface area contributed by atoms with Crippen molar-refractivity contribution in [3.05, 3.63) is 47.0 Å². The third kappa shape index (κ3) is 4.97. The number of phenols is 1. The summed E-state index contributed by atoms with van der Waals surface area (Å²) in [4.78, 5) is 28.3. The van der Waals surface area contributed by atoms with Crippen molar-refractivity contribution in [1.29, 1.82) is 5.26 Å². The minimum absolute atomic E-state index is 0.0170. The number of allylic oxidation sites excluding steroid dienone is 1. The van der Waals surface area contributed by atoms with Crippen LogP contribution >= 0.6 is 11.8 Å². The second-order valence-corrected chi connectivity index (χ2v) is 7.11. The van der Waals surface area contributed by atoms with Gasteiger partial charge in [0, 0.05) is 11.6 Å². The fraction of sp³-hybridized carbons (Fsp3) is 0.300. The third-order valence-corrected chi connectivity index (χ3v) is 5.25. The predicted molar refractivity (Wildman–Crippen MR) is 109 cm³/mol. The van der Waals surface area contributed by atoms with E-state index in [2.05, 4.69) is 17.6 Å². The number of nitrogens with zero attached hydrogens (tertiary/aromatic N) is 2. The molecule has 29 heavy (non-hydrogen) atoms. The monoisotopic (exact) mass is 415 g/mol. The predicted octanol–water partition coefficient (Wildman–Crippen LogP) is 2.26. The van der Waals surface area contributed by atoms with Gasteiger partial charge >= 0.3 is 5.97 Å². The molecule has 0 saturated carbocycles. The molecule has 2 atom stereocenters. The molecular weight excluding hydrogens is 394 g/mol. The number of ether oxygens (including phenoxy) is 2. The van der Waals surface area contributed by atoms with Crippen LogP contribution in [0.5, 0.6) is 11.5 Å². The Morgan fingerprint density at radius 1 is 1.48 bits per heavy atom. The highest BCUT2D eigenvalue weighted by Crippen LogP contribution is 2.44. The minimum Gasteiger partial charge on any atom is -0.504 e. The van der Waals surface area contributed by atoms with Crippen LogP contribution in [0.4, 0.5) is 0 Å². The van der Waals surface area contributed by atoms with E-state index in [1.54, 1.807) is 19.1 Å². The van der Waals surface area contributed by atoms with Crippen LogP contribution in [-0.2, 0) is 14.3 Å². The summed E-state index contributed by atoms with van der Waals surface area (Å²) in [5.41, 5.74) is 6.42. The van der Waals surface area contributed by atoms with Gasteiger partial charge in [0.25, 0.3) is 0 Å². The van der Waals surface area contributed by atoms with Crippen LogP contribution in [0.2, 0.25) is 0 Å². The van der Waals surface area contributed by atoms with Gasteiger partial charge in [0.05, 0.1) is 24.5 Å². The summed E-state index contributed by atoms with van der Waals surface area (Å²) >= 11 is 1.03. The average Bonchev–Trinajstić information content (AvgIpc) is 2.70. The van der Waals surface area contributed by atoms with Crippen LogP contribution < -0.4 is 10.5 Å². The standard InChI is InChI=1S/C20H21N3O5S/c1-4-7-28-20(26)17-11(2)23-19(29-10-16(22)25)13(9-21)18(17)12-5-6-14(24)15(8-12)27-3/h4-6,8,17-18,24H,1,7,10H2,2-3H3,(H2,22,25)/t17?,18-/m1/s1. The first-order valence-corrected chi connectivity index (χ1v) is 9.57. The Hall–Kier alpha value is -3.25. The van der Waals surface area contributed by atoms with E-state index in [1.807, 2.05) is 0 Å². The van der Waals surface area contributed by atoms with E-state index in [0.717, 1.165) is 11.8 Å². The normalized spacial score (nSPS) is 18.4. The lowest BCUT2D eigenvalue weighted by Crippen LogP contribution is -2.34. The lowest BCUT2D eigenvalue weighted by molar-refractivity contribution is -0.145. The molecule has 0 radical (unpaired) electrons. The van der Waals surface area contributed by atoms with E-state index in [4.69, 9.17) is 15.2 Å². The molecule has 0 saturated heterocycles. The first-order chi connectivity index (χ1) is 13.8. The fourth-order valence-electron chi connectivity index (χ4n) is 2.98. The molecule has 8 nitrogen and oxygen atoms in total. The molecule has 1 heterocycles. The number of primary amides is 1. The number of hydrogen-bond donors (Lipinski definition) is 2. The lowest BCUT2D eigenvalue weighted by atomic mass is 9.77. The van der Waals surface area contributed by atoms with Crippen LogP contribution in [0.15, 0.2) is 46.4 Å². The van der Waals surface area contributed by atoms with Crippen molar-refractivity contribution in [2.75, 3.05) is 19.5 Å². The maximum Gasteiger partial charge on any atom is 0.315 e. The van der Waals surface area contributed by atoms with E-state index in [9.17, 15) is 20.0 Å². The van der Waals surface area contributed by atoms with Crippen molar-refractivity contribution in [2.45, 2.75) is 12.8 Å². The van der Waals surface area contributed by atoms with Gasteiger partial charge in [-0.15, -0.1) is 0 Å².